The Morgan fingerprint density at radius 2 is 1.81 bits per heavy atom. The molecule has 2 rings (SSSR count). The predicted octanol–water partition coefficient (Wildman–Crippen LogP) is 3.09. The van der Waals surface area contributed by atoms with E-state index in [0.29, 0.717) is 11.7 Å². The number of nitrogens with zero attached hydrogens (tertiary/aromatic N) is 1. The van der Waals surface area contributed by atoms with Gasteiger partial charge in [-0.05, 0) is 23.7 Å². The van der Waals surface area contributed by atoms with E-state index in [1.165, 1.54) is 5.39 Å². The van der Waals surface area contributed by atoms with E-state index >= 15 is 0 Å². The first-order valence-electron chi connectivity index (χ1n) is 6.71. The van der Waals surface area contributed by atoms with Crippen LogP contribution in [0, 0.1) is 0 Å². The second-order valence-electron chi connectivity index (χ2n) is 4.74. The summed E-state index contributed by atoms with van der Waals surface area (Å²) in [6, 6.07) is 14.3. The standard InChI is InChI=1S/C16H20N2O2S/c1-18(11-15(19-2)20-3)16(21)17-14-10-6-8-12-7-4-5-9-13(12)14/h4-10,15H,11H2,1-3H3,(H,17,21). The Kier molecular flexibility index (Phi) is 5.50. The van der Waals surface area contributed by atoms with Crippen LogP contribution >= 0.6 is 12.2 Å². The highest BCUT2D eigenvalue weighted by molar-refractivity contribution is 7.80. The molecule has 0 spiro atoms. The number of methoxy groups -OCH3 is 2. The largest absolute Gasteiger partial charge is 0.354 e. The zero-order valence-electron chi connectivity index (χ0n) is 12.5. The minimum Gasteiger partial charge on any atom is -0.354 e. The fraction of sp³-hybridized carbons (Fsp3) is 0.312. The van der Waals surface area contributed by atoms with Crippen LogP contribution in [0.5, 0.6) is 0 Å². The van der Waals surface area contributed by atoms with Gasteiger partial charge in [-0.2, -0.15) is 0 Å². The maximum absolute atomic E-state index is 5.44. The number of nitrogens with one attached hydrogen (secondary N) is 1. The summed E-state index contributed by atoms with van der Waals surface area (Å²) in [5.74, 6) is 0. The minimum atomic E-state index is -0.303. The first-order valence-corrected chi connectivity index (χ1v) is 7.12. The number of thiocarbonyl (C=S) groups is 1. The smallest absolute Gasteiger partial charge is 0.174 e. The molecule has 0 heterocycles. The fourth-order valence-electron chi connectivity index (χ4n) is 2.10. The van der Waals surface area contributed by atoms with Gasteiger partial charge in [-0.3, -0.25) is 0 Å². The Labute approximate surface area is 130 Å². The van der Waals surface area contributed by atoms with Crippen molar-refractivity contribution in [1.82, 2.24) is 4.90 Å². The molecule has 0 bridgehead atoms. The van der Waals surface area contributed by atoms with Gasteiger partial charge in [0, 0.05) is 32.3 Å². The maximum atomic E-state index is 5.44. The van der Waals surface area contributed by atoms with E-state index in [1.807, 2.05) is 36.2 Å². The Bertz CT molecular complexity index is 609. The second-order valence-corrected chi connectivity index (χ2v) is 5.13. The summed E-state index contributed by atoms with van der Waals surface area (Å²) in [6.07, 6.45) is -0.303. The summed E-state index contributed by atoms with van der Waals surface area (Å²) >= 11 is 5.44. The van der Waals surface area contributed by atoms with Gasteiger partial charge in [-0.15, -0.1) is 0 Å². The molecule has 0 atom stereocenters. The lowest BCUT2D eigenvalue weighted by Gasteiger charge is -2.25. The van der Waals surface area contributed by atoms with Gasteiger partial charge in [0.05, 0.1) is 6.54 Å². The summed E-state index contributed by atoms with van der Waals surface area (Å²) in [5, 5.41) is 6.24. The molecule has 5 heteroatoms. The van der Waals surface area contributed by atoms with Crippen molar-refractivity contribution in [2.75, 3.05) is 33.1 Å². The van der Waals surface area contributed by atoms with Crippen LogP contribution < -0.4 is 5.32 Å². The van der Waals surface area contributed by atoms with Crippen LogP contribution in [0.3, 0.4) is 0 Å². The molecule has 0 aliphatic heterocycles. The Morgan fingerprint density at radius 1 is 1.14 bits per heavy atom. The topological polar surface area (TPSA) is 33.7 Å². The quantitative estimate of drug-likeness (QED) is 0.678. The van der Waals surface area contributed by atoms with Crippen LogP contribution in [0.2, 0.25) is 0 Å². The van der Waals surface area contributed by atoms with E-state index in [-0.39, 0.29) is 6.29 Å². The molecule has 0 amide bonds. The zero-order valence-corrected chi connectivity index (χ0v) is 13.3. The lowest BCUT2D eigenvalue weighted by atomic mass is 10.1. The SMILES string of the molecule is COC(CN(C)C(=S)Nc1cccc2ccccc12)OC. The highest BCUT2D eigenvalue weighted by Gasteiger charge is 2.12. The van der Waals surface area contributed by atoms with Crippen molar-refractivity contribution in [1.29, 1.82) is 0 Å². The molecule has 2 aromatic carbocycles. The van der Waals surface area contributed by atoms with Gasteiger partial charge in [-0.1, -0.05) is 36.4 Å². The molecular formula is C16H20N2O2S. The number of rotatable bonds is 5. The van der Waals surface area contributed by atoms with Crippen molar-refractivity contribution in [2.24, 2.45) is 0 Å². The third-order valence-corrected chi connectivity index (χ3v) is 3.74. The second kappa shape index (κ2) is 7.36. The molecule has 4 nitrogen and oxygen atoms in total. The van der Waals surface area contributed by atoms with E-state index in [4.69, 9.17) is 21.7 Å². The number of fused-ring (bicyclic) bond motifs is 1. The summed E-state index contributed by atoms with van der Waals surface area (Å²) in [5.41, 5.74) is 0.997. The average molecular weight is 304 g/mol. The van der Waals surface area contributed by atoms with Crippen molar-refractivity contribution in [2.45, 2.75) is 6.29 Å². The van der Waals surface area contributed by atoms with Crippen molar-refractivity contribution in [3.63, 3.8) is 0 Å². The van der Waals surface area contributed by atoms with Gasteiger partial charge < -0.3 is 19.7 Å². The van der Waals surface area contributed by atoms with Crippen LogP contribution in [0.25, 0.3) is 10.8 Å². The Hall–Kier alpha value is -1.69. The summed E-state index contributed by atoms with van der Waals surface area (Å²) in [4.78, 5) is 1.90. The Balaban J connectivity index is 2.11. The maximum Gasteiger partial charge on any atom is 0.174 e. The predicted molar refractivity (Wildman–Crippen MR) is 90.6 cm³/mol. The third kappa shape index (κ3) is 3.91. The van der Waals surface area contributed by atoms with E-state index in [2.05, 4.69) is 23.5 Å². The number of likely N-dealkylation sites (N-methyl/N-ethyl adjacent to an activating group) is 1. The Morgan fingerprint density at radius 3 is 2.52 bits per heavy atom. The highest BCUT2D eigenvalue weighted by Crippen LogP contribution is 2.23. The first-order chi connectivity index (χ1) is 10.2. The van der Waals surface area contributed by atoms with Gasteiger partial charge >= 0.3 is 0 Å². The van der Waals surface area contributed by atoms with E-state index < -0.39 is 0 Å². The lowest BCUT2D eigenvalue weighted by Crippen LogP contribution is -2.38. The van der Waals surface area contributed by atoms with Gasteiger partial charge in [0.2, 0.25) is 0 Å². The molecule has 0 aliphatic rings. The van der Waals surface area contributed by atoms with Crippen LogP contribution in [-0.2, 0) is 9.47 Å². The molecule has 0 aliphatic carbocycles. The van der Waals surface area contributed by atoms with Gasteiger partial charge in [0.1, 0.15) is 0 Å². The van der Waals surface area contributed by atoms with E-state index in [1.54, 1.807) is 14.2 Å². The normalized spacial score (nSPS) is 10.9. The summed E-state index contributed by atoms with van der Waals surface area (Å²) in [6.45, 7) is 0.559. The van der Waals surface area contributed by atoms with Crippen LogP contribution in [0.1, 0.15) is 0 Å². The minimum absolute atomic E-state index is 0.303. The van der Waals surface area contributed by atoms with Gasteiger partial charge in [0.15, 0.2) is 11.4 Å². The van der Waals surface area contributed by atoms with Crippen LogP contribution in [0.15, 0.2) is 42.5 Å². The molecule has 0 unspecified atom stereocenters. The van der Waals surface area contributed by atoms with Crippen LogP contribution in [-0.4, -0.2) is 44.1 Å². The number of hydrogen-bond acceptors (Lipinski definition) is 3. The summed E-state index contributed by atoms with van der Waals surface area (Å²) in [7, 11) is 5.14. The van der Waals surface area contributed by atoms with Crippen molar-refractivity contribution in [3.05, 3.63) is 42.5 Å². The molecule has 1 N–H and O–H groups in total. The fourth-order valence-corrected chi connectivity index (χ4v) is 2.28. The van der Waals surface area contributed by atoms with Gasteiger partial charge in [-0.25, -0.2) is 0 Å². The zero-order chi connectivity index (χ0) is 15.2. The number of anilines is 1. The third-order valence-electron chi connectivity index (χ3n) is 3.33. The highest BCUT2D eigenvalue weighted by atomic mass is 32.1. The molecule has 0 saturated heterocycles. The van der Waals surface area contributed by atoms with Crippen molar-refractivity contribution >= 4 is 33.8 Å². The first kappa shape index (κ1) is 15.7. The van der Waals surface area contributed by atoms with E-state index in [9.17, 15) is 0 Å². The average Bonchev–Trinajstić information content (AvgIpc) is 2.52. The molecule has 0 radical (unpaired) electrons. The van der Waals surface area contributed by atoms with Crippen LogP contribution in [0.4, 0.5) is 5.69 Å². The molecule has 0 aromatic heterocycles. The van der Waals surface area contributed by atoms with Crippen molar-refractivity contribution in [3.8, 4) is 0 Å². The lowest BCUT2D eigenvalue weighted by molar-refractivity contribution is -0.107. The monoisotopic (exact) mass is 304 g/mol. The summed E-state index contributed by atoms with van der Waals surface area (Å²) < 4.78 is 10.4. The number of ether oxygens (including phenoxy) is 2. The van der Waals surface area contributed by atoms with Crippen molar-refractivity contribution < 1.29 is 9.47 Å². The molecule has 21 heavy (non-hydrogen) atoms. The molecule has 2 aromatic rings. The molecular weight excluding hydrogens is 284 g/mol. The molecule has 112 valence electrons. The van der Waals surface area contributed by atoms with E-state index in [0.717, 1.165) is 11.1 Å². The number of hydrogen-bond donors (Lipinski definition) is 1. The molecule has 0 saturated carbocycles. The molecule has 0 fully saturated rings. The number of benzene rings is 2. The van der Waals surface area contributed by atoms with Gasteiger partial charge in [0.25, 0.3) is 0 Å².